The van der Waals surface area contributed by atoms with Gasteiger partial charge in [-0.05, 0) is 19.6 Å². The predicted octanol–water partition coefficient (Wildman–Crippen LogP) is 2.48. The van der Waals surface area contributed by atoms with Crippen molar-refractivity contribution < 1.29 is 4.39 Å². The highest BCUT2D eigenvalue weighted by molar-refractivity contribution is 7.98. The van der Waals surface area contributed by atoms with Crippen LogP contribution < -0.4 is 5.32 Å². The Morgan fingerprint density at radius 1 is 1.53 bits per heavy atom. The summed E-state index contributed by atoms with van der Waals surface area (Å²) < 4.78 is 13.5. The van der Waals surface area contributed by atoms with Crippen LogP contribution in [0.4, 0.5) is 10.2 Å². The summed E-state index contributed by atoms with van der Waals surface area (Å²) in [4.78, 5) is 7.69. The largest absolute Gasteiger partial charge is 0.364 e. The van der Waals surface area contributed by atoms with Crippen molar-refractivity contribution in [2.45, 2.75) is 26.3 Å². The molecule has 1 unspecified atom stereocenters. The van der Waals surface area contributed by atoms with E-state index in [2.05, 4.69) is 22.2 Å². The molecule has 0 aliphatic heterocycles. The summed E-state index contributed by atoms with van der Waals surface area (Å²) in [6, 6.07) is 0.254. The first kappa shape index (κ1) is 12.2. The molecule has 1 rings (SSSR count). The molecule has 1 atom stereocenters. The summed E-state index contributed by atoms with van der Waals surface area (Å²) >= 11 is 1.74. The molecule has 5 heteroatoms. The second-order valence-electron chi connectivity index (χ2n) is 3.33. The monoisotopic (exact) mass is 229 g/mol. The zero-order chi connectivity index (χ0) is 11.3. The number of rotatable bonds is 5. The number of halogens is 1. The number of thioether (sulfide) groups is 1. The molecule has 1 heterocycles. The summed E-state index contributed by atoms with van der Waals surface area (Å²) in [5.74, 6) is 0.902. The molecule has 0 saturated carbocycles. The van der Waals surface area contributed by atoms with E-state index in [9.17, 15) is 4.39 Å². The van der Waals surface area contributed by atoms with Gasteiger partial charge in [0.05, 0.1) is 5.69 Å². The minimum Gasteiger partial charge on any atom is -0.364 e. The fourth-order valence-electron chi connectivity index (χ4n) is 1.21. The Kier molecular flexibility index (Phi) is 4.81. The van der Waals surface area contributed by atoms with E-state index < -0.39 is 0 Å². The second kappa shape index (κ2) is 5.90. The highest BCUT2D eigenvalue weighted by atomic mass is 32.2. The van der Waals surface area contributed by atoms with E-state index in [1.807, 2.05) is 6.26 Å². The minimum absolute atomic E-state index is 0.254. The minimum atomic E-state index is -0.350. The van der Waals surface area contributed by atoms with Gasteiger partial charge >= 0.3 is 0 Å². The maximum absolute atomic E-state index is 13.5. The number of anilines is 1. The van der Waals surface area contributed by atoms with Crippen LogP contribution in [0.2, 0.25) is 0 Å². The molecule has 0 spiro atoms. The van der Waals surface area contributed by atoms with Gasteiger partial charge in [-0.15, -0.1) is 0 Å². The molecule has 84 valence electrons. The molecule has 1 aromatic rings. The molecule has 0 radical (unpaired) electrons. The van der Waals surface area contributed by atoms with Crippen molar-refractivity contribution in [2.24, 2.45) is 0 Å². The van der Waals surface area contributed by atoms with Crippen LogP contribution >= 0.6 is 11.8 Å². The van der Waals surface area contributed by atoms with E-state index in [-0.39, 0.29) is 11.9 Å². The summed E-state index contributed by atoms with van der Waals surface area (Å²) in [7, 11) is 0. The average molecular weight is 229 g/mol. The number of aromatic nitrogens is 2. The van der Waals surface area contributed by atoms with Crippen LogP contribution in [-0.4, -0.2) is 28.0 Å². The van der Waals surface area contributed by atoms with Crippen LogP contribution in [0.5, 0.6) is 0 Å². The SMILES string of the molecule is CCC(CSC)Nc1ncnc(C)c1F. The Morgan fingerprint density at radius 3 is 2.87 bits per heavy atom. The van der Waals surface area contributed by atoms with Gasteiger partial charge in [-0.2, -0.15) is 11.8 Å². The molecule has 1 N–H and O–H groups in total. The van der Waals surface area contributed by atoms with Gasteiger partial charge in [-0.3, -0.25) is 0 Å². The lowest BCUT2D eigenvalue weighted by Crippen LogP contribution is -2.22. The summed E-state index contributed by atoms with van der Waals surface area (Å²) in [5.41, 5.74) is 0.381. The Balaban J connectivity index is 2.74. The third kappa shape index (κ3) is 3.34. The van der Waals surface area contributed by atoms with Crippen molar-refractivity contribution in [3.63, 3.8) is 0 Å². The standard InChI is InChI=1S/C10H16FN3S/c1-4-8(5-15-3)14-10-9(11)7(2)12-6-13-10/h6,8H,4-5H2,1-3H3,(H,12,13,14). The fraction of sp³-hybridized carbons (Fsp3) is 0.600. The smallest absolute Gasteiger partial charge is 0.186 e. The van der Waals surface area contributed by atoms with Gasteiger partial charge in [0.25, 0.3) is 0 Å². The van der Waals surface area contributed by atoms with E-state index in [0.717, 1.165) is 12.2 Å². The van der Waals surface area contributed by atoms with Gasteiger partial charge in [0.15, 0.2) is 11.6 Å². The maximum atomic E-state index is 13.5. The van der Waals surface area contributed by atoms with Crippen molar-refractivity contribution in [3.05, 3.63) is 17.8 Å². The highest BCUT2D eigenvalue weighted by Gasteiger charge is 2.11. The van der Waals surface area contributed by atoms with Gasteiger partial charge in [-0.25, -0.2) is 14.4 Å². The number of hydrogen-bond donors (Lipinski definition) is 1. The van der Waals surface area contributed by atoms with Crippen molar-refractivity contribution >= 4 is 17.6 Å². The molecule has 0 saturated heterocycles. The van der Waals surface area contributed by atoms with E-state index in [4.69, 9.17) is 0 Å². The first-order chi connectivity index (χ1) is 7.19. The lowest BCUT2D eigenvalue weighted by molar-refractivity contribution is 0.600. The van der Waals surface area contributed by atoms with Gasteiger partial charge in [0.2, 0.25) is 0 Å². The van der Waals surface area contributed by atoms with Gasteiger partial charge in [0.1, 0.15) is 6.33 Å². The number of nitrogens with one attached hydrogen (secondary N) is 1. The predicted molar refractivity (Wildman–Crippen MR) is 62.8 cm³/mol. The lowest BCUT2D eigenvalue weighted by Gasteiger charge is -2.16. The second-order valence-corrected chi connectivity index (χ2v) is 4.24. The van der Waals surface area contributed by atoms with E-state index in [0.29, 0.717) is 11.5 Å². The molecule has 1 aromatic heterocycles. The zero-order valence-electron chi connectivity index (χ0n) is 9.25. The molecular formula is C10H16FN3S. The number of nitrogens with zero attached hydrogens (tertiary/aromatic N) is 2. The first-order valence-electron chi connectivity index (χ1n) is 4.91. The quantitative estimate of drug-likeness (QED) is 0.841. The summed E-state index contributed by atoms with van der Waals surface area (Å²) in [6.45, 7) is 3.71. The molecule has 0 amide bonds. The van der Waals surface area contributed by atoms with Gasteiger partial charge < -0.3 is 5.32 Å². The Labute approximate surface area is 93.9 Å². The van der Waals surface area contributed by atoms with Gasteiger partial charge in [-0.1, -0.05) is 6.92 Å². The highest BCUT2D eigenvalue weighted by Crippen LogP contribution is 2.15. The topological polar surface area (TPSA) is 37.8 Å². The molecule has 3 nitrogen and oxygen atoms in total. The normalized spacial score (nSPS) is 12.5. The average Bonchev–Trinajstić information content (AvgIpc) is 2.24. The summed E-state index contributed by atoms with van der Waals surface area (Å²) in [5, 5.41) is 3.09. The molecule has 0 aliphatic rings. The van der Waals surface area contributed by atoms with Gasteiger partial charge in [0, 0.05) is 11.8 Å². The van der Waals surface area contributed by atoms with Crippen LogP contribution in [0.3, 0.4) is 0 Å². The van der Waals surface area contributed by atoms with E-state index in [1.54, 1.807) is 18.7 Å². The van der Waals surface area contributed by atoms with Crippen molar-refractivity contribution in [1.82, 2.24) is 9.97 Å². The molecule has 0 fully saturated rings. The van der Waals surface area contributed by atoms with Crippen LogP contribution in [0.15, 0.2) is 6.33 Å². The first-order valence-corrected chi connectivity index (χ1v) is 6.31. The van der Waals surface area contributed by atoms with Crippen LogP contribution in [0, 0.1) is 12.7 Å². The molecular weight excluding hydrogens is 213 g/mol. The van der Waals surface area contributed by atoms with E-state index in [1.165, 1.54) is 6.33 Å². The lowest BCUT2D eigenvalue weighted by atomic mass is 10.2. The zero-order valence-corrected chi connectivity index (χ0v) is 10.1. The van der Waals surface area contributed by atoms with Crippen LogP contribution in [0.25, 0.3) is 0 Å². The fourth-order valence-corrected chi connectivity index (χ4v) is 1.94. The molecule has 0 aromatic carbocycles. The van der Waals surface area contributed by atoms with Crippen LogP contribution in [-0.2, 0) is 0 Å². The Morgan fingerprint density at radius 2 is 2.27 bits per heavy atom. The Bertz CT molecular complexity index is 320. The molecule has 0 bridgehead atoms. The third-order valence-electron chi connectivity index (χ3n) is 2.17. The number of hydrogen-bond acceptors (Lipinski definition) is 4. The third-order valence-corrected chi connectivity index (χ3v) is 2.90. The van der Waals surface area contributed by atoms with Crippen molar-refractivity contribution in [2.75, 3.05) is 17.3 Å². The Hall–Kier alpha value is -0.840. The maximum Gasteiger partial charge on any atom is 0.186 e. The molecule has 0 aliphatic carbocycles. The van der Waals surface area contributed by atoms with E-state index >= 15 is 0 Å². The summed E-state index contributed by atoms with van der Waals surface area (Å²) in [6.07, 6.45) is 4.36. The van der Waals surface area contributed by atoms with Crippen LogP contribution in [0.1, 0.15) is 19.0 Å². The molecule has 15 heavy (non-hydrogen) atoms. The number of aryl methyl sites for hydroxylation is 1. The van der Waals surface area contributed by atoms with Crippen molar-refractivity contribution in [3.8, 4) is 0 Å². The van der Waals surface area contributed by atoms with Crippen molar-refractivity contribution in [1.29, 1.82) is 0 Å².